The van der Waals surface area contributed by atoms with Crippen molar-refractivity contribution in [2.24, 2.45) is 0 Å². The number of morpholine rings is 1. The summed E-state index contributed by atoms with van der Waals surface area (Å²) in [6.07, 6.45) is 2.40. The Hall–Kier alpha value is -2.19. The van der Waals surface area contributed by atoms with Gasteiger partial charge in [-0.3, -0.25) is 0 Å². The lowest BCUT2D eigenvalue weighted by Crippen LogP contribution is -2.36. The number of rotatable bonds is 5. The zero-order valence-electron chi connectivity index (χ0n) is 13.6. The van der Waals surface area contributed by atoms with Crippen molar-refractivity contribution in [3.8, 4) is 0 Å². The van der Waals surface area contributed by atoms with E-state index in [-0.39, 0.29) is 6.03 Å². The maximum absolute atomic E-state index is 11.9. The first-order valence-electron chi connectivity index (χ1n) is 7.95. The van der Waals surface area contributed by atoms with Crippen molar-refractivity contribution in [2.75, 3.05) is 43.1 Å². The number of nitrogens with zero attached hydrogens (tertiary/aromatic N) is 3. The fraction of sp³-hybridized carbons (Fsp3) is 0.438. The van der Waals surface area contributed by atoms with Gasteiger partial charge in [0, 0.05) is 31.4 Å². The van der Waals surface area contributed by atoms with Crippen molar-refractivity contribution in [3.05, 3.63) is 34.4 Å². The molecule has 0 bridgehead atoms. The standard InChI is InChI=1S/C16H21N5O2S/c1-12-19-14(11-24-12)4-5-17-16(22)20-13-2-3-15(18-10-13)21-6-8-23-9-7-21/h2-3,10-11H,4-9H2,1H3,(H2,17,20,22). The van der Waals surface area contributed by atoms with Crippen LogP contribution in [-0.4, -0.2) is 48.8 Å². The Labute approximate surface area is 145 Å². The normalized spacial score (nSPS) is 14.5. The van der Waals surface area contributed by atoms with Gasteiger partial charge in [-0.2, -0.15) is 0 Å². The fourth-order valence-electron chi connectivity index (χ4n) is 2.44. The number of amides is 2. The molecule has 0 saturated carbocycles. The van der Waals surface area contributed by atoms with Crippen LogP contribution in [0.2, 0.25) is 0 Å². The summed E-state index contributed by atoms with van der Waals surface area (Å²) < 4.78 is 5.33. The van der Waals surface area contributed by atoms with Gasteiger partial charge in [-0.1, -0.05) is 0 Å². The van der Waals surface area contributed by atoms with Crippen LogP contribution >= 0.6 is 11.3 Å². The Kier molecular flexibility index (Phi) is 5.60. The molecule has 3 heterocycles. The summed E-state index contributed by atoms with van der Waals surface area (Å²) in [6.45, 7) is 5.66. The first-order valence-corrected chi connectivity index (χ1v) is 8.83. The highest BCUT2D eigenvalue weighted by Gasteiger charge is 2.12. The number of carbonyl (C=O) groups excluding carboxylic acids is 1. The molecule has 0 radical (unpaired) electrons. The van der Waals surface area contributed by atoms with Crippen molar-refractivity contribution in [1.82, 2.24) is 15.3 Å². The van der Waals surface area contributed by atoms with Crippen LogP contribution in [0.4, 0.5) is 16.3 Å². The second-order valence-electron chi connectivity index (χ2n) is 5.49. The second kappa shape index (κ2) is 8.07. The Morgan fingerprint density at radius 3 is 2.88 bits per heavy atom. The minimum Gasteiger partial charge on any atom is -0.378 e. The van der Waals surface area contributed by atoms with E-state index in [1.807, 2.05) is 24.4 Å². The van der Waals surface area contributed by atoms with Crippen LogP contribution in [0.15, 0.2) is 23.7 Å². The van der Waals surface area contributed by atoms with Gasteiger partial charge in [0.15, 0.2) is 0 Å². The summed E-state index contributed by atoms with van der Waals surface area (Å²) in [4.78, 5) is 22.8. The molecule has 2 N–H and O–H groups in total. The fourth-order valence-corrected chi connectivity index (χ4v) is 3.09. The molecular weight excluding hydrogens is 326 g/mol. The number of anilines is 2. The maximum Gasteiger partial charge on any atom is 0.319 e. The zero-order chi connectivity index (χ0) is 16.8. The molecule has 128 valence electrons. The lowest BCUT2D eigenvalue weighted by molar-refractivity contribution is 0.122. The maximum atomic E-state index is 11.9. The molecule has 0 aromatic carbocycles. The third kappa shape index (κ3) is 4.65. The van der Waals surface area contributed by atoms with E-state index in [9.17, 15) is 4.79 Å². The van der Waals surface area contributed by atoms with Gasteiger partial charge in [-0.15, -0.1) is 11.3 Å². The van der Waals surface area contributed by atoms with Crippen LogP contribution in [0.5, 0.6) is 0 Å². The minimum absolute atomic E-state index is 0.233. The average Bonchev–Trinajstić information content (AvgIpc) is 3.02. The monoisotopic (exact) mass is 347 g/mol. The van der Waals surface area contributed by atoms with Crippen LogP contribution in [0.3, 0.4) is 0 Å². The predicted octanol–water partition coefficient (Wildman–Crippen LogP) is 2.05. The van der Waals surface area contributed by atoms with E-state index in [4.69, 9.17) is 4.74 Å². The van der Waals surface area contributed by atoms with Crippen molar-refractivity contribution in [2.45, 2.75) is 13.3 Å². The van der Waals surface area contributed by atoms with Gasteiger partial charge in [0.1, 0.15) is 5.82 Å². The number of pyridine rings is 1. The summed E-state index contributed by atoms with van der Waals surface area (Å²) in [7, 11) is 0. The number of aryl methyl sites for hydroxylation is 1. The molecule has 1 fully saturated rings. The lowest BCUT2D eigenvalue weighted by Gasteiger charge is -2.27. The van der Waals surface area contributed by atoms with Crippen LogP contribution in [-0.2, 0) is 11.2 Å². The summed E-state index contributed by atoms with van der Waals surface area (Å²) in [5.41, 5.74) is 1.68. The van der Waals surface area contributed by atoms with Crippen molar-refractivity contribution in [3.63, 3.8) is 0 Å². The highest BCUT2D eigenvalue weighted by atomic mass is 32.1. The summed E-state index contributed by atoms with van der Waals surface area (Å²) in [5.74, 6) is 0.906. The molecule has 2 amide bonds. The Morgan fingerprint density at radius 2 is 2.21 bits per heavy atom. The average molecular weight is 347 g/mol. The lowest BCUT2D eigenvalue weighted by atomic mass is 10.3. The smallest absolute Gasteiger partial charge is 0.319 e. The highest BCUT2D eigenvalue weighted by molar-refractivity contribution is 7.09. The second-order valence-corrected chi connectivity index (χ2v) is 6.56. The largest absolute Gasteiger partial charge is 0.378 e. The minimum atomic E-state index is -0.233. The van der Waals surface area contributed by atoms with Crippen LogP contribution in [0, 0.1) is 6.92 Å². The zero-order valence-corrected chi connectivity index (χ0v) is 14.4. The number of thiazole rings is 1. The van der Waals surface area contributed by atoms with E-state index < -0.39 is 0 Å². The Morgan fingerprint density at radius 1 is 1.38 bits per heavy atom. The molecular formula is C16H21N5O2S. The molecule has 0 unspecified atom stereocenters. The van der Waals surface area contributed by atoms with Gasteiger partial charge in [0.2, 0.25) is 0 Å². The number of nitrogens with one attached hydrogen (secondary N) is 2. The first kappa shape index (κ1) is 16.7. The van der Waals surface area contributed by atoms with Gasteiger partial charge in [0.25, 0.3) is 0 Å². The molecule has 2 aromatic heterocycles. The number of hydrogen-bond acceptors (Lipinski definition) is 6. The van der Waals surface area contributed by atoms with E-state index >= 15 is 0 Å². The van der Waals surface area contributed by atoms with E-state index in [1.165, 1.54) is 0 Å². The number of urea groups is 1. The summed E-state index contributed by atoms with van der Waals surface area (Å²) in [5, 5.41) is 8.68. The van der Waals surface area contributed by atoms with Gasteiger partial charge in [-0.25, -0.2) is 14.8 Å². The summed E-state index contributed by atoms with van der Waals surface area (Å²) >= 11 is 1.62. The predicted molar refractivity (Wildman–Crippen MR) is 94.8 cm³/mol. The van der Waals surface area contributed by atoms with E-state index in [0.29, 0.717) is 12.2 Å². The molecule has 0 spiro atoms. The third-order valence-electron chi connectivity index (χ3n) is 3.67. The number of hydrogen-bond donors (Lipinski definition) is 2. The molecule has 2 aromatic rings. The van der Waals surface area contributed by atoms with E-state index in [1.54, 1.807) is 17.5 Å². The number of aromatic nitrogens is 2. The van der Waals surface area contributed by atoms with Crippen LogP contribution < -0.4 is 15.5 Å². The third-order valence-corrected chi connectivity index (χ3v) is 4.50. The first-order chi connectivity index (χ1) is 11.7. The number of carbonyl (C=O) groups is 1. The number of ether oxygens (including phenoxy) is 1. The molecule has 1 aliphatic heterocycles. The highest BCUT2D eigenvalue weighted by Crippen LogP contribution is 2.15. The quantitative estimate of drug-likeness (QED) is 0.865. The summed E-state index contributed by atoms with van der Waals surface area (Å²) in [6, 6.07) is 3.54. The van der Waals surface area contributed by atoms with Crippen molar-refractivity contribution < 1.29 is 9.53 Å². The molecule has 0 atom stereocenters. The van der Waals surface area contributed by atoms with Crippen LogP contribution in [0.1, 0.15) is 10.7 Å². The molecule has 7 nitrogen and oxygen atoms in total. The van der Waals surface area contributed by atoms with Crippen LogP contribution in [0.25, 0.3) is 0 Å². The van der Waals surface area contributed by atoms with E-state index in [0.717, 1.165) is 49.2 Å². The topological polar surface area (TPSA) is 79.4 Å². The van der Waals surface area contributed by atoms with Gasteiger partial charge in [0.05, 0.1) is 35.8 Å². The van der Waals surface area contributed by atoms with Gasteiger partial charge < -0.3 is 20.3 Å². The molecule has 3 rings (SSSR count). The van der Waals surface area contributed by atoms with Gasteiger partial charge in [-0.05, 0) is 19.1 Å². The van der Waals surface area contributed by atoms with Gasteiger partial charge >= 0.3 is 6.03 Å². The molecule has 1 saturated heterocycles. The Balaban J connectivity index is 1.44. The van der Waals surface area contributed by atoms with Crippen molar-refractivity contribution >= 4 is 28.9 Å². The Bertz CT molecular complexity index is 667. The molecule has 24 heavy (non-hydrogen) atoms. The molecule has 1 aliphatic rings. The SMILES string of the molecule is Cc1nc(CCNC(=O)Nc2ccc(N3CCOCC3)nc2)cs1. The van der Waals surface area contributed by atoms with Crippen molar-refractivity contribution in [1.29, 1.82) is 0 Å². The van der Waals surface area contributed by atoms with E-state index in [2.05, 4.69) is 25.5 Å². The molecule has 8 heteroatoms. The molecule has 0 aliphatic carbocycles.